The first-order valence-electron chi connectivity index (χ1n) is 9.32. The Kier molecular flexibility index (Phi) is 5.99. The maximum Gasteiger partial charge on any atom is 0.431 e. The molecule has 1 saturated carbocycles. The normalized spacial score (nSPS) is 14.8. The highest BCUT2D eigenvalue weighted by Crippen LogP contribution is 2.48. The second kappa shape index (κ2) is 7.92. The van der Waals surface area contributed by atoms with E-state index >= 15 is 0 Å². The number of aromatic nitrogens is 1. The van der Waals surface area contributed by atoms with Crippen LogP contribution >= 0.6 is 11.6 Å². The van der Waals surface area contributed by atoms with E-state index in [1.54, 1.807) is 24.3 Å². The Morgan fingerprint density at radius 3 is 2.27 bits per heavy atom. The third kappa shape index (κ3) is 4.67. The van der Waals surface area contributed by atoms with Crippen LogP contribution < -0.4 is 0 Å². The number of alkyl halides is 3. The number of hydrogen-bond acceptors (Lipinski definition) is 3. The van der Waals surface area contributed by atoms with Crippen molar-refractivity contribution in [1.29, 1.82) is 0 Å². The standard InChI is InChI=1S/C20H22ClF3N2O3S/c1-12-16(13-4-6-14(21)7-5-13)17(19(27)25(2)10-11-30(3,28)29)26(15-8-9-15)18(12)20(22,23)24/h4-7,15H,8-11H2,1-3H3. The summed E-state index contributed by atoms with van der Waals surface area (Å²) in [6.07, 6.45) is -2.50. The van der Waals surface area contributed by atoms with Crippen LogP contribution in [-0.2, 0) is 16.0 Å². The molecule has 0 saturated heterocycles. The van der Waals surface area contributed by atoms with Crippen molar-refractivity contribution >= 4 is 27.3 Å². The summed E-state index contributed by atoms with van der Waals surface area (Å²) < 4.78 is 66.0. The highest BCUT2D eigenvalue weighted by atomic mass is 35.5. The fraction of sp³-hybridized carbons (Fsp3) is 0.450. The van der Waals surface area contributed by atoms with E-state index in [1.807, 2.05) is 0 Å². The zero-order valence-electron chi connectivity index (χ0n) is 16.8. The molecule has 1 heterocycles. The van der Waals surface area contributed by atoms with Crippen LogP contribution in [0.1, 0.15) is 40.6 Å². The van der Waals surface area contributed by atoms with Crippen LogP contribution in [0.4, 0.5) is 13.2 Å². The molecule has 1 amide bonds. The molecule has 2 aromatic rings. The largest absolute Gasteiger partial charge is 0.431 e. The van der Waals surface area contributed by atoms with Crippen LogP contribution in [0.25, 0.3) is 11.1 Å². The Morgan fingerprint density at radius 1 is 1.23 bits per heavy atom. The number of sulfone groups is 1. The summed E-state index contributed by atoms with van der Waals surface area (Å²) in [6.45, 7) is 1.24. The molecule has 10 heteroatoms. The lowest BCUT2D eigenvalue weighted by Crippen LogP contribution is -2.33. The number of rotatable bonds is 6. The molecule has 0 N–H and O–H groups in total. The first-order chi connectivity index (χ1) is 13.8. The van der Waals surface area contributed by atoms with E-state index in [9.17, 15) is 26.4 Å². The van der Waals surface area contributed by atoms with Crippen molar-refractivity contribution in [2.75, 3.05) is 25.6 Å². The van der Waals surface area contributed by atoms with Gasteiger partial charge in [0, 0.05) is 36.5 Å². The number of amides is 1. The number of nitrogens with zero attached hydrogens (tertiary/aromatic N) is 2. The quantitative estimate of drug-likeness (QED) is 0.631. The zero-order chi connectivity index (χ0) is 22.4. The van der Waals surface area contributed by atoms with Crippen molar-refractivity contribution in [3.63, 3.8) is 0 Å². The van der Waals surface area contributed by atoms with Gasteiger partial charge in [-0.15, -0.1) is 0 Å². The predicted molar refractivity (Wildman–Crippen MR) is 110 cm³/mol. The van der Waals surface area contributed by atoms with Crippen LogP contribution in [0.3, 0.4) is 0 Å². The summed E-state index contributed by atoms with van der Waals surface area (Å²) in [5, 5.41) is 0.423. The van der Waals surface area contributed by atoms with Crippen LogP contribution in [0.2, 0.25) is 5.02 Å². The maximum atomic E-state index is 14.0. The molecule has 0 radical (unpaired) electrons. The Labute approximate surface area is 178 Å². The van der Waals surface area contributed by atoms with Gasteiger partial charge in [-0.05, 0) is 43.0 Å². The summed E-state index contributed by atoms with van der Waals surface area (Å²) in [7, 11) is -1.94. The molecule has 0 spiro atoms. The van der Waals surface area contributed by atoms with Gasteiger partial charge in [0.1, 0.15) is 21.2 Å². The van der Waals surface area contributed by atoms with E-state index in [-0.39, 0.29) is 29.1 Å². The Hall–Kier alpha value is -2.00. The third-order valence-corrected chi connectivity index (χ3v) is 6.29. The lowest BCUT2D eigenvalue weighted by atomic mass is 10.0. The zero-order valence-corrected chi connectivity index (χ0v) is 18.3. The summed E-state index contributed by atoms with van der Waals surface area (Å²) in [6, 6.07) is 5.85. The fourth-order valence-electron chi connectivity index (χ4n) is 3.52. The van der Waals surface area contributed by atoms with E-state index in [2.05, 4.69) is 0 Å². The van der Waals surface area contributed by atoms with Crippen LogP contribution in [0.5, 0.6) is 0 Å². The number of benzene rings is 1. The van der Waals surface area contributed by atoms with Gasteiger partial charge in [0.2, 0.25) is 0 Å². The first kappa shape index (κ1) is 22.7. The topological polar surface area (TPSA) is 59.4 Å². The van der Waals surface area contributed by atoms with Gasteiger partial charge in [0.25, 0.3) is 5.91 Å². The average Bonchev–Trinajstić information content (AvgIpc) is 3.41. The average molecular weight is 463 g/mol. The van der Waals surface area contributed by atoms with E-state index in [0.717, 1.165) is 15.7 Å². The minimum absolute atomic E-state index is 0.0309. The van der Waals surface area contributed by atoms with Gasteiger partial charge in [0.15, 0.2) is 0 Å². The minimum Gasteiger partial charge on any atom is -0.339 e. The highest BCUT2D eigenvalue weighted by molar-refractivity contribution is 7.90. The second-order valence-corrected chi connectivity index (χ2v) is 10.4. The van der Waals surface area contributed by atoms with E-state index < -0.39 is 33.7 Å². The Balaban J connectivity index is 2.21. The number of halogens is 4. The van der Waals surface area contributed by atoms with Crippen molar-refractivity contribution in [2.24, 2.45) is 0 Å². The molecule has 1 fully saturated rings. The molecule has 1 aliphatic rings. The van der Waals surface area contributed by atoms with Gasteiger partial charge in [-0.1, -0.05) is 23.7 Å². The van der Waals surface area contributed by atoms with Crippen LogP contribution in [-0.4, -0.2) is 49.4 Å². The molecule has 0 atom stereocenters. The smallest absolute Gasteiger partial charge is 0.339 e. The molecule has 1 aromatic heterocycles. The van der Waals surface area contributed by atoms with E-state index in [4.69, 9.17) is 11.6 Å². The van der Waals surface area contributed by atoms with Crippen molar-refractivity contribution in [2.45, 2.75) is 32.0 Å². The van der Waals surface area contributed by atoms with Crippen LogP contribution in [0, 0.1) is 6.92 Å². The minimum atomic E-state index is -4.64. The van der Waals surface area contributed by atoms with Crippen molar-refractivity contribution in [3.05, 3.63) is 46.2 Å². The Morgan fingerprint density at radius 2 is 1.80 bits per heavy atom. The molecule has 5 nitrogen and oxygen atoms in total. The number of carbonyl (C=O) groups excluding carboxylic acids is 1. The summed E-state index contributed by atoms with van der Waals surface area (Å²) in [5.41, 5.74) is -0.296. The molecule has 0 aliphatic heterocycles. The molecule has 1 aliphatic carbocycles. The summed E-state index contributed by atoms with van der Waals surface area (Å²) in [5.74, 6) is -0.921. The lowest BCUT2D eigenvalue weighted by molar-refractivity contribution is -0.144. The van der Waals surface area contributed by atoms with Gasteiger partial charge >= 0.3 is 6.18 Å². The van der Waals surface area contributed by atoms with E-state index in [0.29, 0.717) is 23.4 Å². The fourth-order valence-corrected chi connectivity index (χ4v) is 4.25. The van der Waals surface area contributed by atoms with Gasteiger partial charge in [-0.3, -0.25) is 4.79 Å². The van der Waals surface area contributed by atoms with Crippen molar-refractivity contribution < 1.29 is 26.4 Å². The second-order valence-electron chi connectivity index (χ2n) is 7.66. The molecule has 164 valence electrons. The molecule has 1 aromatic carbocycles. The van der Waals surface area contributed by atoms with Gasteiger partial charge in [0.05, 0.1) is 5.75 Å². The molecule has 0 bridgehead atoms. The first-order valence-corrected chi connectivity index (χ1v) is 11.8. The lowest BCUT2D eigenvalue weighted by Gasteiger charge is -2.20. The SMILES string of the molecule is Cc1c(-c2ccc(Cl)cc2)c(C(=O)N(C)CCS(C)(=O)=O)n(C2CC2)c1C(F)(F)F. The maximum absolute atomic E-state index is 14.0. The van der Waals surface area contributed by atoms with E-state index in [1.165, 1.54) is 14.0 Å². The summed E-state index contributed by atoms with van der Waals surface area (Å²) in [4.78, 5) is 14.4. The number of hydrogen-bond donors (Lipinski definition) is 0. The molecule has 0 unspecified atom stereocenters. The molecular weight excluding hydrogens is 441 g/mol. The number of carbonyl (C=O) groups is 1. The van der Waals surface area contributed by atoms with Crippen LogP contribution in [0.15, 0.2) is 24.3 Å². The monoisotopic (exact) mass is 462 g/mol. The summed E-state index contributed by atoms with van der Waals surface area (Å²) >= 11 is 5.93. The molecule has 3 rings (SSSR count). The van der Waals surface area contributed by atoms with Gasteiger partial charge in [-0.2, -0.15) is 13.2 Å². The van der Waals surface area contributed by atoms with Gasteiger partial charge < -0.3 is 9.47 Å². The third-order valence-electron chi connectivity index (χ3n) is 5.11. The molecular formula is C20H22ClF3N2O3S. The highest BCUT2D eigenvalue weighted by Gasteiger charge is 2.45. The van der Waals surface area contributed by atoms with Gasteiger partial charge in [-0.25, -0.2) is 8.42 Å². The van der Waals surface area contributed by atoms with Crippen molar-refractivity contribution in [3.8, 4) is 11.1 Å². The Bertz CT molecular complexity index is 1070. The predicted octanol–water partition coefficient (Wildman–Crippen LogP) is 4.59. The van der Waals surface area contributed by atoms with Crippen molar-refractivity contribution in [1.82, 2.24) is 9.47 Å². The molecule has 30 heavy (non-hydrogen) atoms.